The summed E-state index contributed by atoms with van der Waals surface area (Å²) < 4.78 is 0. The van der Waals surface area contributed by atoms with Crippen LogP contribution in [-0.4, -0.2) is 34.8 Å². The van der Waals surface area contributed by atoms with Crippen molar-refractivity contribution in [2.24, 2.45) is 0 Å². The van der Waals surface area contributed by atoms with E-state index in [0.29, 0.717) is 6.04 Å². The Labute approximate surface area is 110 Å². The Kier molecular flexibility index (Phi) is 6.60. The van der Waals surface area contributed by atoms with E-state index < -0.39 is 5.60 Å². The first-order chi connectivity index (χ1) is 8.02. The number of thioether (sulfide) groups is 1. The van der Waals surface area contributed by atoms with Gasteiger partial charge < -0.3 is 10.4 Å². The molecule has 1 fully saturated rings. The Balaban J connectivity index is 2.18. The summed E-state index contributed by atoms with van der Waals surface area (Å²) in [4.78, 5) is 0. The molecule has 0 aromatic carbocycles. The largest absolute Gasteiger partial charge is 0.389 e. The summed E-state index contributed by atoms with van der Waals surface area (Å²) in [7, 11) is 0. The number of hydrogen-bond acceptors (Lipinski definition) is 3. The Hall–Kier alpha value is 0.0100. The number of rotatable bonds is 6. The zero-order valence-corrected chi connectivity index (χ0v) is 12.3. The third-order valence-corrected chi connectivity index (χ3v) is 4.34. The molecule has 1 rings (SSSR count). The quantitative estimate of drug-likeness (QED) is 0.718. The van der Waals surface area contributed by atoms with Crippen LogP contribution < -0.4 is 5.32 Å². The lowest BCUT2D eigenvalue weighted by molar-refractivity contribution is 0.0299. The van der Waals surface area contributed by atoms with Crippen molar-refractivity contribution in [3.63, 3.8) is 0 Å². The minimum absolute atomic E-state index is 0.448. The molecule has 1 unspecified atom stereocenters. The van der Waals surface area contributed by atoms with E-state index in [0.717, 1.165) is 43.7 Å². The standard InChI is InChI=1S/C14H27NOS/c1-12(2)5-4-6-13(3)15-11-14(16)7-9-17-10-8-14/h5,13,15-16H,4,6-11H2,1-3H3. The molecule has 17 heavy (non-hydrogen) atoms. The minimum atomic E-state index is -0.448. The molecule has 0 aromatic rings. The highest BCUT2D eigenvalue weighted by atomic mass is 32.2. The second kappa shape index (κ2) is 7.45. The summed E-state index contributed by atoms with van der Waals surface area (Å²) in [6.45, 7) is 7.24. The van der Waals surface area contributed by atoms with E-state index in [9.17, 15) is 5.11 Å². The normalized spacial score (nSPS) is 20.9. The van der Waals surface area contributed by atoms with Crippen molar-refractivity contribution in [1.29, 1.82) is 0 Å². The van der Waals surface area contributed by atoms with Gasteiger partial charge in [0.15, 0.2) is 0 Å². The van der Waals surface area contributed by atoms with Crippen molar-refractivity contribution in [2.75, 3.05) is 18.1 Å². The molecule has 0 saturated carbocycles. The summed E-state index contributed by atoms with van der Waals surface area (Å²) in [5, 5.41) is 13.8. The first-order valence-corrected chi connectivity index (χ1v) is 7.84. The predicted molar refractivity (Wildman–Crippen MR) is 77.6 cm³/mol. The lowest BCUT2D eigenvalue weighted by Gasteiger charge is -2.33. The number of hydrogen-bond donors (Lipinski definition) is 2. The number of nitrogens with one attached hydrogen (secondary N) is 1. The van der Waals surface area contributed by atoms with Crippen LogP contribution in [0.15, 0.2) is 11.6 Å². The van der Waals surface area contributed by atoms with Crippen molar-refractivity contribution in [1.82, 2.24) is 5.32 Å². The summed E-state index contributed by atoms with van der Waals surface area (Å²) >= 11 is 1.95. The molecule has 1 aliphatic rings. The summed E-state index contributed by atoms with van der Waals surface area (Å²) in [5.41, 5.74) is 0.941. The lowest BCUT2D eigenvalue weighted by Crippen LogP contribution is -2.46. The van der Waals surface area contributed by atoms with E-state index in [1.165, 1.54) is 5.57 Å². The highest BCUT2D eigenvalue weighted by Crippen LogP contribution is 2.26. The van der Waals surface area contributed by atoms with Crippen LogP contribution in [0.2, 0.25) is 0 Å². The molecule has 0 spiro atoms. The average Bonchev–Trinajstić information content (AvgIpc) is 2.27. The summed E-state index contributed by atoms with van der Waals surface area (Å²) in [6.07, 6.45) is 6.43. The predicted octanol–water partition coefficient (Wildman–Crippen LogP) is 2.97. The van der Waals surface area contributed by atoms with Crippen molar-refractivity contribution in [3.05, 3.63) is 11.6 Å². The molecular weight excluding hydrogens is 230 g/mol. The van der Waals surface area contributed by atoms with Crippen LogP contribution in [0.4, 0.5) is 0 Å². The fraction of sp³-hybridized carbons (Fsp3) is 0.857. The monoisotopic (exact) mass is 257 g/mol. The van der Waals surface area contributed by atoms with E-state index in [1.807, 2.05) is 11.8 Å². The van der Waals surface area contributed by atoms with Gasteiger partial charge in [-0.05, 0) is 58.0 Å². The molecule has 0 radical (unpaired) electrons. The minimum Gasteiger partial charge on any atom is -0.389 e. The molecule has 0 aromatic heterocycles. The molecule has 0 aliphatic carbocycles. The Morgan fingerprint density at radius 3 is 2.65 bits per heavy atom. The highest BCUT2D eigenvalue weighted by Gasteiger charge is 2.29. The molecular formula is C14H27NOS. The molecule has 0 bridgehead atoms. The van der Waals surface area contributed by atoms with E-state index in [1.54, 1.807) is 0 Å². The van der Waals surface area contributed by atoms with Crippen LogP contribution in [0.1, 0.15) is 46.5 Å². The van der Waals surface area contributed by atoms with Gasteiger partial charge in [0.05, 0.1) is 5.60 Å². The fourth-order valence-electron chi connectivity index (χ4n) is 2.02. The molecule has 1 atom stereocenters. The van der Waals surface area contributed by atoms with Gasteiger partial charge in [0.1, 0.15) is 0 Å². The van der Waals surface area contributed by atoms with Gasteiger partial charge in [-0.15, -0.1) is 0 Å². The molecule has 1 saturated heterocycles. The third kappa shape index (κ3) is 6.49. The van der Waals surface area contributed by atoms with Crippen LogP contribution >= 0.6 is 11.8 Å². The van der Waals surface area contributed by atoms with Crippen LogP contribution in [-0.2, 0) is 0 Å². The van der Waals surface area contributed by atoms with E-state index in [-0.39, 0.29) is 0 Å². The van der Waals surface area contributed by atoms with Crippen molar-refractivity contribution in [3.8, 4) is 0 Å². The van der Waals surface area contributed by atoms with Crippen molar-refractivity contribution in [2.45, 2.75) is 58.1 Å². The van der Waals surface area contributed by atoms with Gasteiger partial charge in [-0.2, -0.15) is 11.8 Å². The van der Waals surface area contributed by atoms with Crippen LogP contribution in [0.25, 0.3) is 0 Å². The van der Waals surface area contributed by atoms with E-state index >= 15 is 0 Å². The molecule has 1 heterocycles. The van der Waals surface area contributed by atoms with Crippen molar-refractivity contribution < 1.29 is 5.11 Å². The van der Waals surface area contributed by atoms with E-state index in [4.69, 9.17) is 0 Å². The molecule has 1 aliphatic heterocycles. The van der Waals surface area contributed by atoms with E-state index in [2.05, 4.69) is 32.2 Å². The zero-order chi connectivity index (χ0) is 12.7. The highest BCUT2D eigenvalue weighted by molar-refractivity contribution is 7.99. The second-order valence-electron chi connectivity index (χ2n) is 5.48. The number of aliphatic hydroxyl groups is 1. The smallest absolute Gasteiger partial charge is 0.0787 e. The molecule has 100 valence electrons. The Morgan fingerprint density at radius 1 is 1.41 bits per heavy atom. The molecule has 3 heteroatoms. The van der Waals surface area contributed by atoms with Gasteiger partial charge in [-0.3, -0.25) is 0 Å². The maximum Gasteiger partial charge on any atom is 0.0787 e. The van der Waals surface area contributed by atoms with Gasteiger partial charge in [-0.25, -0.2) is 0 Å². The van der Waals surface area contributed by atoms with Gasteiger partial charge in [0, 0.05) is 12.6 Å². The lowest BCUT2D eigenvalue weighted by atomic mass is 9.96. The first-order valence-electron chi connectivity index (χ1n) is 6.69. The zero-order valence-electron chi connectivity index (χ0n) is 11.5. The Bertz CT molecular complexity index is 243. The van der Waals surface area contributed by atoms with Crippen LogP contribution in [0, 0.1) is 0 Å². The second-order valence-corrected chi connectivity index (χ2v) is 6.70. The third-order valence-electron chi connectivity index (χ3n) is 3.36. The summed E-state index contributed by atoms with van der Waals surface area (Å²) in [6, 6.07) is 0.490. The van der Waals surface area contributed by atoms with Gasteiger partial charge in [-0.1, -0.05) is 11.6 Å². The first kappa shape index (κ1) is 15.1. The van der Waals surface area contributed by atoms with Crippen LogP contribution in [0.3, 0.4) is 0 Å². The average molecular weight is 257 g/mol. The molecule has 0 amide bonds. The topological polar surface area (TPSA) is 32.3 Å². The van der Waals surface area contributed by atoms with Gasteiger partial charge in [0.2, 0.25) is 0 Å². The maximum atomic E-state index is 10.3. The fourth-order valence-corrected chi connectivity index (χ4v) is 3.27. The molecule has 2 N–H and O–H groups in total. The number of allylic oxidation sites excluding steroid dienone is 2. The Morgan fingerprint density at radius 2 is 2.06 bits per heavy atom. The summed E-state index contributed by atoms with van der Waals surface area (Å²) in [5.74, 6) is 2.20. The van der Waals surface area contributed by atoms with Crippen molar-refractivity contribution >= 4 is 11.8 Å². The van der Waals surface area contributed by atoms with Gasteiger partial charge >= 0.3 is 0 Å². The van der Waals surface area contributed by atoms with Crippen LogP contribution in [0.5, 0.6) is 0 Å². The van der Waals surface area contributed by atoms with Gasteiger partial charge in [0.25, 0.3) is 0 Å². The molecule has 2 nitrogen and oxygen atoms in total. The maximum absolute atomic E-state index is 10.3. The SMILES string of the molecule is CC(C)=CCCC(C)NCC1(O)CCSCC1.